The highest BCUT2D eigenvalue weighted by atomic mass is 19.4. The molecule has 2 amide bonds. The molecule has 0 unspecified atom stereocenters. The molecule has 1 heterocycles. The molecule has 0 spiro atoms. The molecule has 0 bridgehead atoms. The lowest BCUT2D eigenvalue weighted by Gasteiger charge is -2.28. The Morgan fingerprint density at radius 2 is 1.61 bits per heavy atom. The number of carbonyl (C=O) groups excluding carboxylic acids is 2. The number of carbonyl (C=O) groups is 2. The van der Waals surface area contributed by atoms with Crippen LogP contribution in [0, 0.1) is 5.92 Å². The van der Waals surface area contributed by atoms with Crippen LogP contribution in [0.15, 0.2) is 89.9 Å². The highest BCUT2D eigenvalue weighted by Gasteiger charge is 2.38. The van der Waals surface area contributed by atoms with E-state index in [0.717, 1.165) is 0 Å². The fraction of sp³-hybridized carbons (Fsp3) is 0.276. The summed E-state index contributed by atoms with van der Waals surface area (Å²) in [5.74, 6) is -3.47. The van der Waals surface area contributed by atoms with Crippen LogP contribution in [0.25, 0.3) is 0 Å². The van der Waals surface area contributed by atoms with Gasteiger partial charge in [0.2, 0.25) is 12.1 Å². The zero-order valence-corrected chi connectivity index (χ0v) is 20.7. The fourth-order valence-corrected chi connectivity index (χ4v) is 4.68. The van der Waals surface area contributed by atoms with Crippen molar-refractivity contribution in [2.45, 2.75) is 31.1 Å². The standard InChI is InChI=1S/C29H28F3N3O3/c1-35-24-15-9-8-14-22(24)25(20-12-6-3-7-13-20)33-26(28(35)38)34-27(37)21(16-17-29(30,31)32)23(18-36)19-10-4-2-5-11-19/h2-15,21,23,26,36H,16-18H2,1H3,(H,34,37)/t21-,23+,26-/m1/s1. The molecule has 0 aromatic heterocycles. The third-order valence-corrected chi connectivity index (χ3v) is 6.66. The largest absolute Gasteiger partial charge is 0.396 e. The molecular weight excluding hydrogens is 495 g/mol. The Kier molecular flexibility index (Phi) is 8.26. The topological polar surface area (TPSA) is 82.0 Å². The van der Waals surface area contributed by atoms with E-state index in [9.17, 15) is 27.9 Å². The summed E-state index contributed by atoms with van der Waals surface area (Å²) in [7, 11) is 1.56. The minimum absolute atomic E-state index is 0.470. The first-order valence-electron chi connectivity index (χ1n) is 12.2. The molecule has 0 fully saturated rings. The number of likely N-dealkylation sites (N-methyl/N-ethyl adjacent to an activating group) is 1. The second-order valence-electron chi connectivity index (χ2n) is 9.13. The number of nitrogens with one attached hydrogen (secondary N) is 1. The van der Waals surface area contributed by atoms with E-state index >= 15 is 0 Å². The van der Waals surface area contributed by atoms with Crippen LogP contribution in [-0.4, -0.2) is 48.6 Å². The molecule has 1 aliphatic rings. The Bertz CT molecular complexity index is 1300. The second-order valence-corrected chi connectivity index (χ2v) is 9.13. The van der Waals surface area contributed by atoms with Gasteiger partial charge in [0.1, 0.15) is 0 Å². The van der Waals surface area contributed by atoms with E-state index in [4.69, 9.17) is 0 Å². The maximum Gasteiger partial charge on any atom is 0.389 e. The van der Waals surface area contributed by atoms with Gasteiger partial charge in [-0.05, 0) is 18.1 Å². The minimum Gasteiger partial charge on any atom is -0.396 e. The molecule has 0 saturated heterocycles. The van der Waals surface area contributed by atoms with Crippen LogP contribution in [0.4, 0.5) is 18.9 Å². The van der Waals surface area contributed by atoms with Crippen molar-refractivity contribution in [3.8, 4) is 0 Å². The zero-order valence-electron chi connectivity index (χ0n) is 20.7. The van der Waals surface area contributed by atoms with Gasteiger partial charge in [-0.15, -0.1) is 0 Å². The molecule has 38 heavy (non-hydrogen) atoms. The van der Waals surface area contributed by atoms with E-state index in [1.165, 1.54) is 4.90 Å². The van der Waals surface area contributed by atoms with Gasteiger partial charge >= 0.3 is 6.18 Å². The SMILES string of the molecule is CN1C(=O)[C@@H](NC(=O)[C@H](CCC(F)(F)F)[C@@H](CO)c2ccccc2)N=C(c2ccccc2)c2ccccc21. The number of alkyl halides is 3. The monoisotopic (exact) mass is 523 g/mol. The molecule has 198 valence electrons. The average Bonchev–Trinajstić information content (AvgIpc) is 3.02. The summed E-state index contributed by atoms with van der Waals surface area (Å²) in [5, 5.41) is 12.7. The van der Waals surface area contributed by atoms with Gasteiger partial charge in [0, 0.05) is 36.4 Å². The van der Waals surface area contributed by atoms with Gasteiger partial charge < -0.3 is 15.3 Å². The summed E-state index contributed by atoms with van der Waals surface area (Å²) in [4.78, 5) is 33.0. The highest BCUT2D eigenvalue weighted by molar-refractivity contribution is 6.20. The van der Waals surface area contributed by atoms with Gasteiger partial charge in [0.25, 0.3) is 5.91 Å². The van der Waals surface area contributed by atoms with Crippen molar-refractivity contribution >= 4 is 23.2 Å². The van der Waals surface area contributed by atoms with Crippen LogP contribution in [0.1, 0.15) is 35.4 Å². The quantitative estimate of drug-likeness (QED) is 0.450. The molecule has 2 N–H and O–H groups in total. The molecule has 9 heteroatoms. The van der Waals surface area contributed by atoms with Crippen molar-refractivity contribution in [1.29, 1.82) is 0 Å². The fourth-order valence-electron chi connectivity index (χ4n) is 4.68. The lowest BCUT2D eigenvalue weighted by atomic mass is 9.82. The molecular formula is C29H28F3N3O3. The van der Waals surface area contributed by atoms with Gasteiger partial charge in [-0.1, -0.05) is 78.9 Å². The number of amides is 2. The van der Waals surface area contributed by atoms with E-state index < -0.39 is 55.4 Å². The van der Waals surface area contributed by atoms with Gasteiger partial charge in [-0.2, -0.15) is 13.2 Å². The van der Waals surface area contributed by atoms with Gasteiger partial charge in [0.05, 0.1) is 18.0 Å². The number of hydrogen-bond donors (Lipinski definition) is 2. The third kappa shape index (κ3) is 6.11. The van der Waals surface area contributed by atoms with Gasteiger partial charge in [-0.3, -0.25) is 9.59 Å². The Labute approximate surface area is 218 Å². The lowest BCUT2D eigenvalue weighted by Crippen LogP contribution is -2.49. The lowest BCUT2D eigenvalue weighted by molar-refractivity contribution is -0.143. The average molecular weight is 524 g/mol. The molecule has 6 nitrogen and oxygen atoms in total. The molecule has 1 aliphatic heterocycles. The number of benzene rings is 3. The van der Waals surface area contributed by atoms with E-state index in [-0.39, 0.29) is 0 Å². The molecule has 0 radical (unpaired) electrons. The zero-order chi connectivity index (χ0) is 27.3. The highest BCUT2D eigenvalue weighted by Crippen LogP contribution is 2.33. The maximum atomic E-state index is 13.6. The molecule has 0 saturated carbocycles. The smallest absolute Gasteiger partial charge is 0.389 e. The Morgan fingerprint density at radius 3 is 2.24 bits per heavy atom. The molecule has 3 atom stereocenters. The van der Waals surface area contributed by atoms with E-state index in [2.05, 4.69) is 10.3 Å². The number of aliphatic hydroxyl groups excluding tert-OH is 1. The Morgan fingerprint density at radius 1 is 1.00 bits per heavy atom. The van der Waals surface area contributed by atoms with Crippen LogP contribution < -0.4 is 10.2 Å². The van der Waals surface area contributed by atoms with Crippen LogP contribution in [0.5, 0.6) is 0 Å². The predicted octanol–water partition coefficient (Wildman–Crippen LogP) is 4.68. The van der Waals surface area contributed by atoms with Crippen molar-refractivity contribution < 1.29 is 27.9 Å². The van der Waals surface area contributed by atoms with Gasteiger partial charge in [-0.25, -0.2) is 4.99 Å². The normalized spacial score (nSPS) is 17.2. The Balaban J connectivity index is 1.72. The first-order chi connectivity index (χ1) is 18.2. The van der Waals surface area contributed by atoms with Crippen molar-refractivity contribution in [2.24, 2.45) is 10.9 Å². The van der Waals surface area contributed by atoms with E-state index in [1.807, 2.05) is 42.5 Å². The summed E-state index contributed by atoms with van der Waals surface area (Å²) < 4.78 is 39.6. The third-order valence-electron chi connectivity index (χ3n) is 6.66. The summed E-state index contributed by atoms with van der Waals surface area (Å²) in [5.41, 5.74) is 2.98. The molecule has 4 rings (SSSR count). The van der Waals surface area contributed by atoms with E-state index in [0.29, 0.717) is 28.1 Å². The summed E-state index contributed by atoms with van der Waals surface area (Å²) in [6.45, 7) is -0.539. The van der Waals surface area contributed by atoms with Crippen molar-refractivity contribution in [3.63, 3.8) is 0 Å². The first kappa shape index (κ1) is 27.1. The number of aliphatic imine (C=N–C) groups is 1. The number of para-hydroxylation sites is 1. The Hall–Kier alpha value is -3.98. The number of fused-ring (bicyclic) bond motifs is 1. The number of anilines is 1. The van der Waals surface area contributed by atoms with Crippen LogP contribution >= 0.6 is 0 Å². The van der Waals surface area contributed by atoms with E-state index in [1.54, 1.807) is 49.5 Å². The minimum atomic E-state index is -4.49. The van der Waals surface area contributed by atoms with Crippen LogP contribution in [-0.2, 0) is 9.59 Å². The number of nitrogens with zero attached hydrogens (tertiary/aromatic N) is 2. The number of rotatable bonds is 8. The van der Waals surface area contributed by atoms with Crippen LogP contribution in [0.3, 0.4) is 0 Å². The molecule has 3 aromatic carbocycles. The summed E-state index contributed by atoms with van der Waals surface area (Å²) in [6.07, 6.45) is -7.63. The second kappa shape index (κ2) is 11.6. The summed E-state index contributed by atoms with van der Waals surface area (Å²) in [6, 6.07) is 24.7. The van der Waals surface area contributed by atoms with Gasteiger partial charge in [0.15, 0.2) is 0 Å². The van der Waals surface area contributed by atoms with Crippen LogP contribution in [0.2, 0.25) is 0 Å². The number of benzodiazepines with no additional fused rings is 1. The van der Waals surface area contributed by atoms with Crippen molar-refractivity contribution in [3.05, 3.63) is 102 Å². The number of aliphatic hydroxyl groups is 1. The van der Waals surface area contributed by atoms with Crippen molar-refractivity contribution in [2.75, 3.05) is 18.6 Å². The summed E-state index contributed by atoms with van der Waals surface area (Å²) >= 11 is 0. The molecule has 3 aromatic rings. The maximum absolute atomic E-state index is 13.6. The van der Waals surface area contributed by atoms with Crippen molar-refractivity contribution in [1.82, 2.24) is 5.32 Å². The first-order valence-corrected chi connectivity index (χ1v) is 12.2. The molecule has 0 aliphatic carbocycles. The number of hydrogen-bond acceptors (Lipinski definition) is 4. The number of halogens is 3. The predicted molar refractivity (Wildman–Crippen MR) is 139 cm³/mol.